The van der Waals surface area contributed by atoms with Gasteiger partial charge in [-0.3, -0.25) is 4.40 Å². The number of nitrogens with zero attached hydrogens (tertiary/aromatic N) is 3. The SMILES string of the molecule is Brc1ccc(-c2csc3nnc(-c4ccc5c(c4)OCO5)n23)cc1. The number of ether oxygens (including phenoxy) is 2. The van der Waals surface area contributed by atoms with E-state index in [2.05, 4.69) is 48.0 Å². The van der Waals surface area contributed by atoms with Gasteiger partial charge in [0.15, 0.2) is 17.3 Å². The number of aromatic nitrogens is 3. The third-order valence-corrected chi connectivity index (χ3v) is 5.27. The Morgan fingerprint density at radius 1 is 0.958 bits per heavy atom. The minimum Gasteiger partial charge on any atom is -0.454 e. The molecule has 7 heteroatoms. The molecule has 0 atom stereocenters. The highest BCUT2D eigenvalue weighted by molar-refractivity contribution is 9.10. The second-order valence-electron chi connectivity index (χ2n) is 5.34. The number of benzene rings is 2. The van der Waals surface area contributed by atoms with Gasteiger partial charge in [-0.05, 0) is 35.9 Å². The van der Waals surface area contributed by atoms with E-state index in [9.17, 15) is 0 Å². The zero-order chi connectivity index (χ0) is 16.1. The van der Waals surface area contributed by atoms with E-state index in [-0.39, 0.29) is 6.79 Å². The zero-order valence-corrected chi connectivity index (χ0v) is 14.7. The molecule has 3 heterocycles. The zero-order valence-electron chi connectivity index (χ0n) is 12.3. The summed E-state index contributed by atoms with van der Waals surface area (Å²) < 4.78 is 14.0. The number of thiazole rings is 1. The van der Waals surface area contributed by atoms with Crippen molar-refractivity contribution in [2.24, 2.45) is 0 Å². The van der Waals surface area contributed by atoms with E-state index < -0.39 is 0 Å². The lowest BCUT2D eigenvalue weighted by atomic mass is 10.1. The van der Waals surface area contributed by atoms with Crippen LogP contribution in [0.1, 0.15) is 0 Å². The Labute approximate surface area is 149 Å². The van der Waals surface area contributed by atoms with Crippen LogP contribution in [0.2, 0.25) is 0 Å². The number of hydrogen-bond acceptors (Lipinski definition) is 5. The summed E-state index contributed by atoms with van der Waals surface area (Å²) in [6.07, 6.45) is 0. The highest BCUT2D eigenvalue weighted by atomic mass is 79.9. The fourth-order valence-electron chi connectivity index (χ4n) is 2.77. The summed E-state index contributed by atoms with van der Waals surface area (Å²) in [5.41, 5.74) is 3.13. The lowest BCUT2D eigenvalue weighted by molar-refractivity contribution is 0.174. The van der Waals surface area contributed by atoms with Crippen molar-refractivity contribution in [3.63, 3.8) is 0 Å². The van der Waals surface area contributed by atoms with Crippen molar-refractivity contribution >= 4 is 32.2 Å². The average Bonchev–Trinajstić information content (AvgIpc) is 3.30. The second-order valence-corrected chi connectivity index (χ2v) is 7.09. The van der Waals surface area contributed by atoms with Crippen molar-refractivity contribution in [1.82, 2.24) is 14.6 Å². The first kappa shape index (κ1) is 14.0. The standard InChI is InChI=1S/C17H10BrN3O2S/c18-12-4-1-10(2-5-12)13-8-24-17-20-19-16(21(13)17)11-3-6-14-15(7-11)23-9-22-14/h1-8H,9H2. The molecule has 4 aromatic rings. The molecule has 0 bridgehead atoms. The van der Waals surface area contributed by atoms with Gasteiger partial charge in [0.1, 0.15) is 0 Å². The molecule has 118 valence electrons. The molecule has 0 unspecified atom stereocenters. The third kappa shape index (κ3) is 2.12. The molecule has 0 saturated carbocycles. The smallest absolute Gasteiger partial charge is 0.231 e. The molecule has 5 nitrogen and oxygen atoms in total. The average molecular weight is 400 g/mol. The van der Waals surface area contributed by atoms with Gasteiger partial charge in [0.2, 0.25) is 11.8 Å². The van der Waals surface area contributed by atoms with Crippen molar-refractivity contribution in [3.8, 4) is 34.1 Å². The van der Waals surface area contributed by atoms with Crippen LogP contribution < -0.4 is 9.47 Å². The molecule has 5 rings (SSSR count). The van der Waals surface area contributed by atoms with E-state index >= 15 is 0 Å². The van der Waals surface area contributed by atoms with E-state index in [0.717, 1.165) is 43.6 Å². The number of halogens is 1. The molecule has 0 spiro atoms. The van der Waals surface area contributed by atoms with Gasteiger partial charge in [-0.25, -0.2) is 0 Å². The molecule has 1 aliphatic heterocycles. The van der Waals surface area contributed by atoms with E-state index in [1.807, 2.05) is 30.3 Å². The van der Waals surface area contributed by atoms with E-state index in [1.165, 1.54) is 0 Å². The van der Waals surface area contributed by atoms with E-state index in [1.54, 1.807) is 11.3 Å². The molecule has 0 amide bonds. The second kappa shape index (κ2) is 5.32. The summed E-state index contributed by atoms with van der Waals surface area (Å²) in [5, 5.41) is 10.8. The molecule has 2 aromatic heterocycles. The normalized spacial score (nSPS) is 12.9. The Morgan fingerprint density at radius 2 is 1.75 bits per heavy atom. The quantitative estimate of drug-likeness (QED) is 0.493. The van der Waals surface area contributed by atoms with Gasteiger partial charge in [-0.15, -0.1) is 21.5 Å². The molecule has 0 aliphatic carbocycles. The summed E-state index contributed by atoms with van der Waals surface area (Å²) in [6.45, 7) is 0.261. The first-order chi connectivity index (χ1) is 11.8. The summed E-state index contributed by atoms with van der Waals surface area (Å²) >= 11 is 5.05. The van der Waals surface area contributed by atoms with Gasteiger partial charge in [-0.1, -0.05) is 28.1 Å². The van der Waals surface area contributed by atoms with Crippen molar-refractivity contribution in [3.05, 3.63) is 52.3 Å². The van der Waals surface area contributed by atoms with Crippen LogP contribution in [0.15, 0.2) is 52.3 Å². The number of hydrogen-bond donors (Lipinski definition) is 0. The Kier molecular flexibility index (Phi) is 3.11. The molecule has 0 N–H and O–H groups in total. The van der Waals surface area contributed by atoms with Crippen LogP contribution in [0.5, 0.6) is 11.5 Å². The Morgan fingerprint density at radius 3 is 2.62 bits per heavy atom. The van der Waals surface area contributed by atoms with Crippen LogP contribution in [-0.2, 0) is 0 Å². The minimum atomic E-state index is 0.261. The predicted molar refractivity (Wildman–Crippen MR) is 95.6 cm³/mol. The molecule has 0 fully saturated rings. The summed E-state index contributed by atoms with van der Waals surface area (Å²) in [6, 6.07) is 14.1. The van der Waals surface area contributed by atoms with Crippen molar-refractivity contribution in [1.29, 1.82) is 0 Å². The minimum absolute atomic E-state index is 0.261. The summed E-state index contributed by atoms with van der Waals surface area (Å²) in [7, 11) is 0. The van der Waals surface area contributed by atoms with Crippen LogP contribution in [0.3, 0.4) is 0 Å². The Bertz CT molecular complexity index is 1060. The third-order valence-electron chi connectivity index (χ3n) is 3.92. The molecule has 0 saturated heterocycles. The Hall–Kier alpha value is -2.38. The first-order valence-electron chi connectivity index (χ1n) is 7.28. The predicted octanol–water partition coefficient (Wildman–Crippen LogP) is 4.62. The molecular weight excluding hydrogens is 390 g/mol. The monoisotopic (exact) mass is 399 g/mol. The molecule has 1 aliphatic rings. The van der Waals surface area contributed by atoms with Gasteiger partial charge in [0.25, 0.3) is 0 Å². The topological polar surface area (TPSA) is 48.7 Å². The van der Waals surface area contributed by atoms with Crippen LogP contribution in [-0.4, -0.2) is 21.4 Å². The highest BCUT2D eigenvalue weighted by Crippen LogP contribution is 2.37. The van der Waals surface area contributed by atoms with Crippen LogP contribution in [0.4, 0.5) is 0 Å². The van der Waals surface area contributed by atoms with Gasteiger partial charge >= 0.3 is 0 Å². The molecule has 0 radical (unpaired) electrons. The molecule has 24 heavy (non-hydrogen) atoms. The van der Waals surface area contributed by atoms with Gasteiger partial charge in [-0.2, -0.15) is 0 Å². The van der Waals surface area contributed by atoms with E-state index in [4.69, 9.17) is 9.47 Å². The molecular formula is C17H10BrN3O2S. The Balaban J connectivity index is 1.70. The maximum Gasteiger partial charge on any atom is 0.231 e. The lowest BCUT2D eigenvalue weighted by Gasteiger charge is -2.04. The van der Waals surface area contributed by atoms with Gasteiger partial charge < -0.3 is 9.47 Å². The van der Waals surface area contributed by atoms with Gasteiger partial charge in [0, 0.05) is 15.4 Å². The largest absolute Gasteiger partial charge is 0.454 e. The lowest BCUT2D eigenvalue weighted by Crippen LogP contribution is -1.93. The number of fused-ring (bicyclic) bond motifs is 2. The van der Waals surface area contributed by atoms with Crippen molar-refractivity contribution in [2.75, 3.05) is 6.79 Å². The van der Waals surface area contributed by atoms with E-state index in [0.29, 0.717) is 0 Å². The maximum atomic E-state index is 5.48. The number of rotatable bonds is 2. The van der Waals surface area contributed by atoms with Crippen LogP contribution in [0.25, 0.3) is 27.6 Å². The first-order valence-corrected chi connectivity index (χ1v) is 8.95. The van der Waals surface area contributed by atoms with Crippen molar-refractivity contribution < 1.29 is 9.47 Å². The fourth-order valence-corrected chi connectivity index (χ4v) is 3.87. The molecule has 2 aromatic carbocycles. The van der Waals surface area contributed by atoms with Crippen LogP contribution >= 0.6 is 27.3 Å². The van der Waals surface area contributed by atoms with Crippen molar-refractivity contribution in [2.45, 2.75) is 0 Å². The summed E-state index contributed by atoms with van der Waals surface area (Å²) in [4.78, 5) is 0.862. The summed E-state index contributed by atoms with van der Waals surface area (Å²) in [5.74, 6) is 2.30. The van der Waals surface area contributed by atoms with Gasteiger partial charge in [0.05, 0.1) is 5.69 Å². The fraction of sp³-hybridized carbons (Fsp3) is 0.0588. The van der Waals surface area contributed by atoms with Crippen LogP contribution in [0, 0.1) is 0 Å². The maximum absolute atomic E-state index is 5.48. The highest BCUT2D eigenvalue weighted by Gasteiger charge is 2.19.